The first-order valence-corrected chi connectivity index (χ1v) is 7.48. The number of nitrogens with zero attached hydrogens (tertiary/aromatic N) is 2. The molecule has 3 nitrogen and oxygen atoms in total. The Morgan fingerprint density at radius 3 is 2.78 bits per heavy atom. The molecule has 1 aliphatic rings. The van der Waals surface area contributed by atoms with E-state index >= 15 is 0 Å². The number of aromatic nitrogens is 2. The molecule has 1 fully saturated rings. The van der Waals surface area contributed by atoms with Crippen molar-refractivity contribution in [1.82, 2.24) is 15.1 Å². The second kappa shape index (κ2) is 6.37. The fourth-order valence-electron chi connectivity index (χ4n) is 2.79. The maximum absolute atomic E-state index is 4.63. The lowest BCUT2D eigenvalue weighted by Crippen LogP contribution is -2.31. The summed E-state index contributed by atoms with van der Waals surface area (Å²) in [6.45, 7) is 7.64. The Kier molecular flexibility index (Phi) is 4.81. The van der Waals surface area contributed by atoms with Gasteiger partial charge in [-0.15, -0.1) is 0 Å². The summed E-state index contributed by atoms with van der Waals surface area (Å²) in [5.41, 5.74) is 1.17. The van der Waals surface area contributed by atoms with Crippen molar-refractivity contribution in [2.75, 3.05) is 0 Å². The number of hydrogen-bond donors (Lipinski definition) is 1. The third-order valence-corrected chi connectivity index (χ3v) is 4.42. The van der Waals surface area contributed by atoms with Gasteiger partial charge in [-0.05, 0) is 45.1 Å². The second-order valence-electron chi connectivity index (χ2n) is 5.76. The molecule has 1 aliphatic carbocycles. The number of hydrogen-bond acceptors (Lipinski definition) is 2. The van der Waals surface area contributed by atoms with E-state index in [-0.39, 0.29) is 0 Å². The minimum Gasteiger partial charge on any atom is -0.308 e. The molecule has 1 N–H and O–H groups in total. The van der Waals surface area contributed by atoms with Crippen LogP contribution in [-0.4, -0.2) is 15.8 Å². The summed E-state index contributed by atoms with van der Waals surface area (Å²) in [6.07, 6.45) is 8.86. The normalized spacial score (nSPS) is 20.2. The average molecular weight is 249 g/mol. The van der Waals surface area contributed by atoms with Crippen LogP contribution in [0, 0.1) is 5.92 Å². The Balaban J connectivity index is 1.80. The first-order valence-electron chi connectivity index (χ1n) is 7.48. The van der Waals surface area contributed by atoms with E-state index in [0.29, 0.717) is 12.1 Å². The van der Waals surface area contributed by atoms with Gasteiger partial charge in [-0.1, -0.05) is 19.8 Å². The van der Waals surface area contributed by atoms with Crippen LogP contribution < -0.4 is 5.32 Å². The molecule has 0 amide bonds. The van der Waals surface area contributed by atoms with Crippen molar-refractivity contribution in [3.05, 3.63) is 18.0 Å². The van der Waals surface area contributed by atoms with Crippen LogP contribution in [0.15, 0.2) is 12.3 Å². The molecule has 1 saturated carbocycles. The molecule has 0 aliphatic heterocycles. The van der Waals surface area contributed by atoms with E-state index in [1.54, 1.807) is 0 Å². The fourth-order valence-corrected chi connectivity index (χ4v) is 2.79. The van der Waals surface area contributed by atoms with Gasteiger partial charge in [-0.25, -0.2) is 0 Å². The molecular formula is C15H27N3. The topological polar surface area (TPSA) is 29.9 Å². The van der Waals surface area contributed by atoms with E-state index in [9.17, 15) is 0 Å². The highest BCUT2D eigenvalue weighted by Crippen LogP contribution is 2.27. The van der Waals surface area contributed by atoms with Gasteiger partial charge in [0.2, 0.25) is 0 Å². The molecule has 0 radical (unpaired) electrons. The van der Waals surface area contributed by atoms with Crippen molar-refractivity contribution in [3.8, 4) is 0 Å². The molecule has 3 heteroatoms. The van der Waals surface area contributed by atoms with Gasteiger partial charge < -0.3 is 5.32 Å². The predicted molar refractivity (Wildman–Crippen MR) is 75.5 cm³/mol. The highest BCUT2D eigenvalue weighted by Gasteiger charge is 2.21. The molecular weight excluding hydrogens is 222 g/mol. The lowest BCUT2D eigenvalue weighted by atomic mass is 10.00. The highest BCUT2D eigenvalue weighted by molar-refractivity contribution is 4.99. The van der Waals surface area contributed by atoms with Crippen LogP contribution in [-0.2, 0) is 6.54 Å². The van der Waals surface area contributed by atoms with Gasteiger partial charge >= 0.3 is 0 Å². The van der Waals surface area contributed by atoms with Crippen molar-refractivity contribution in [2.24, 2.45) is 5.92 Å². The smallest absolute Gasteiger partial charge is 0.0762 e. The molecule has 2 atom stereocenters. The van der Waals surface area contributed by atoms with Gasteiger partial charge in [-0.2, -0.15) is 5.10 Å². The number of rotatable bonds is 6. The predicted octanol–water partition coefficient (Wildman–Crippen LogP) is 3.52. The zero-order valence-corrected chi connectivity index (χ0v) is 12.0. The van der Waals surface area contributed by atoms with Crippen LogP contribution in [0.25, 0.3) is 0 Å². The maximum atomic E-state index is 4.63. The van der Waals surface area contributed by atoms with Gasteiger partial charge in [0.1, 0.15) is 0 Å². The first kappa shape index (κ1) is 13.6. The van der Waals surface area contributed by atoms with Crippen molar-refractivity contribution in [2.45, 2.75) is 71.5 Å². The fraction of sp³-hybridized carbons (Fsp3) is 0.800. The minimum absolute atomic E-state index is 0.506. The molecule has 1 aromatic heterocycles. The Hall–Kier alpha value is -0.830. The van der Waals surface area contributed by atoms with Crippen molar-refractivity contribution in [1.29, 1.82) is 0 Å². The average Bonchev–Trinajstić information content (AvgIpc) is 3.05. The number of nitrogens with one attached hydrogen (secondary N) is 1. The molecule has 2 rings (SSSR count). The lowest BCUT2D eigenvalue weighted by Gasteiger charge is -2.19. The highest BCUT2D eigenvalue weighted by atomic mass is 15.3. The van der Waals surface area contributed by atoms with E-state index in [1.807, 2.05) is 0 Å². The molecule has 1 aromatic rings. The SMILES string of the molecule is CCC(C)n1ccc(CNC(C)C2CCCC2)n1. The van der Waals surface area contributed by atoms with Crippen LogP contribution in [0.5, 0.6) is 0 Å². The molecule has 2 unspecified atom stereocenters. The Bertz CT molecular complexity index is 352. The van der Waals surface area contributed by atoms with Crippen LogP contribution >= 0.6 is 0 Å². The van der Waals surface area contributed by atoms with E-state index in [0.717, 1.165) is 18.9 Å². The zero-order chi connectivity index (χ0) is 13.0. The summed E-state index contributed by atoms with van der Waals surface area (Å²) < 4.78 is 2.08. The summed E-state index contributed by atoms with van der Waals surface area (Å²) in [7, 11) is 0. The van der Waals surface area contributed by atoms with Gasteiger partial charge in [0, 0.05) is 24.8 Å². The Morgan fingerprint density at radius 2 is 2.11 bits per heavy atom. The third-order valence-electron chi connectivity index (χ3n) is 4.42. The lowest BCUT2D eigenvalue weighted by molar-refractivity contribution is 0.377. The summed E-state index contributed by atoms with van der Waals surface area (Å²) in [5.74, 6) is 0.877. The molecule has 102 valence electrons. The molecule has 0 aromatic carbocycles. The van der Waals surface area contributed by atoms with Crippen molar-refractivity contribution < 1.29 is 0 Å². The van der Waals surface area contributed by atoms with Gasteiger partial charge in [-0.3, -0.25) is 4.68 Å². The van der Waals surface area contributed by atoms with Gasteiger partial charge in [0.25, 0.3) is 0 Å². The van der Waals surface area contributed by atoms with Crippen LogP contribution in [0.3, 0.4) is 0 Å². The van der Waals surface area contributed by atoms with Crippen LogP contribution in [0.2, 0.25) is 0 Å². The molecule has 1 heterocycles. The molecule has 18 heavy (non-hydrogen) atoms. The molecule has 0 spiro atoms. The van der Waals surface area contributed by atoms with E-state index < -0.39 is 0 Å². The van der Waals surface area contributed by atoms with Crippen molar-refractivity contribution >= 4 is 0 Å². The summed E-state index contributed by atoms with van der Waals surface area (Å²) >= 11 is 0. The first-order chi connectivity index (χ1) is 8.70. The summed E-state index contributed by atoms with van der Waals surface area (Å²) in [6, 6.07) is 3.27. The monoisotopic (exact) mass is 249 g/mol. The minimum atomic E-state index is 0.506. The van der Waals surface area contributed by atoms with E-state index in [1.165, 1.54) is 31.4 Å². The Morgan fingerprint density at radius 1 is 1.39 bits per heavy atom. The van der Waals surface area contributed by atoms with Crippen molar-refractivity contribution in [3.63, 3.8) is 0 Å². The van der Waals surface area contributed by atoms with Crippen LogP contribution in [0.4, 0.5) is 0 Å². The Labute approximate surface area is 111 Å². The zero-order valence-electron chi connectivity index (χ0n) is 12.0. The second-order valence-corrected chi connectivity index (χ2v) is 5.76. The quantitative estimate of drug-likeness (QED) is 0.836. The van der Waals surface area contributed by atoms with Crippen LogP contribution in [0.1, 0.15) is 64.6 Å². The third kappa shape index (κ3) is 3.35. The van der Waals surface area contributed by atoms with Gasteiger partial charge in [0.05, 0.1) is 5.69 Å². The largest absolute Gasteiger partial charge is 0.308 e. The van der Waals surface area contributed by atoms with E-state index in [4.69, 9.17) is 0 Å². The molecule has 0 bridgehead atoms. The molecule has 0 saturated heterocycles. The maximum Gasteiger partial charge on any atom is 0.0762 e. The van der Waals surface area contributed by atoms with Gasteiger partial charge in [0.15, 0.2) is 0 Å². The summed E-state index contributed by atoms with van der Waals surface area (Å²) in [5, 5.41) is 8.27. The standard InChI is InChI=1S/C15H27N3/c1-4-12(2)18-10-9-15(17-18)11-16-13(3)14-7-5-6-8-14/h9-10,12-14,16H,4-8,11H2,1-3H3. The summed E-state index contributed by atoms with van der Waals surface area (Å²) in [4.78, 5) is 0. The van der Waals surface area contributed by atoms with E-state index in [2.05, 4.69) is 48.1 Å².